The number of rotatable bonds is 3. The fourth-order valence-electron chi connectivity index (χ4n) is 2.08. The van der Waals surface area contributed by atoms with Gasteiger partial charge in [-0.3, -0.25) is 10.1 Å². The summed E-state index contributed by atoms with van der Waals surface area (Å²) in [5, 5.41) is 11.0. The first kappa shape index (κ1) is 13.2. The van der Waals surface area contributed by atoms with E-state index in [0.29, 0.717) is 10.3 Å². The lowest BCUT2D eigenvalue weighted by molar-refractivity contribution is -0.384. The Morgan fingerprint density at radius 3 is 2.67 bits per heavy atom. The van der Waals surface area contributed by atoms with Crippen LogP contribution in [0.25, 0.3) is 0 Å². The number of likely N-dealkylation sites (N-methyl/N-ethyl adjacent to an activating group) is 1. The van der Waals surface area contributed by atoms with E-state index in [4.69, 9.17) is 0 Å². The third kappa shape index (κ3) is 2.78. The lowest BCUT2D eigenvalue weighted by Crippen LogP contribution is -2.46. The van der Waals surface area contributed by atoms with Crippen molar-refractivity contribution in [2.45, 2.75) is 6.92 Å². The number of hydrogen-bond donors (Lipinski definition) is 0. The second kappa shape index (κ2) is 5.62. The fourth-order valence-corrected chi connectivity index (χ4v) is 2.39. The van der Waals surface area contributed by atoms with Crippen molar-refractivity contribution in [2.75, 3.05) is 37.6 Å². The van der Waals surface area contributed by atoms with Crippen LogP contribution in [0.4, 0.5) is 11.5 Å². The van der Waals surface area contributed by atoms with Gasteiger partial charge in [0.25, 0.3) is 0 Å². The minimum absolute atomic E-state index is 0.0642. The summed E-state index contributed by atoms with van der Waals surface area (Å²) in [6.45, 7) is 6.54. The smallest absolute Gasteiger partial charge is 0.312 e. The highest BCUT2D eigenvalue weighted by Crippen LogP contribution is 2.29. The molecular formula is C11H15BrN4O2. The van der Waals surface area contributed by atoms with Gasteiger partial charge in [0.2, 0.25) is 5.82 Å². The molecule has 0 radical (unpaired) electrons. The summed E-state index contributed by atoms with van der Waals surface area (Å²) < 4.78 is 0.630. The highest BCUT2D eigenvalue weighted by molar-refractivity contribution is 9.10. The Hall–Kier alpha value is -1.21. The predicted octanol–water partition coefficient (Wildman–Crippen LogP) is 1.89. The average molecular weight is 315 g/mol. The molecule has 7 heteroatoms. The molecule has 0 aliphatic carbocycles. The summed E-state index contributed by atoms with van der Waals surface area (Å²) in [4.78, 5) is 19.2. The molecule has 6 nitrogen and oxygen atoms in total. The Balaban J connectivity index is 2.21. The molecule has 0 atom stereocenters. The van der Waals surface area contributed by atoms with Gasteiger partial charge < -0.3 is 9.80 Å². The molecule has 1 aliphatic heterocycles. The number of hydrogen-bond acceptors (Lipinski definition) is 5. The molecule has 0 unspecified atom stereocenters. The molecule has 1 aromatic rings. The molecule has 1 aliphatic rings. The van der Waals surface area contributed by atoms with E-state index < -0.39 is 0 Å². The summed E-state index contributed by atoms with van der Waals surface area (Å²) in [5.74, 6) is 0.471. The number of nitrogens with zero attached hydrogens (tertiary/aromatic N) is 4. The zero-order valence-electron chi connectivity index (χ0n) is 10.2. The van der Waals surface area contributed by atoms with Gasteiger partial charge in [-0.1, -0.05) is 6.92 Å². The van der Waals surface area contributed by atoms with E-state index in [9.17, 15) is 10.1 Å². The van der Waals surface area contributed by atoms with Crippen LogP contribution in [-0.2, 0) is 0 Å². The third-order valence-electron chi connectivity index (χ3n) is 3.13. The fraction of sp³-hybridized carbons (Fsp3) is 0.545. The van der Waals surface area contributed by atoms with Crippen molar-refractivity contribution in [3.05, 3.63) is 26.9 Å². The van der Waals surface area contributed by atoms with Crippen molar-refractivity contribution < 1.29 is 4.92 Å². The van der Waals surface area contributed by atoms with E-state index in [-0.39, 0.29) is 10.6 Å². The third-order valence-corrected chi connectivity index (χ3v) is 3.56. The Morgan fingerprint density at radius 1 is 1.44 bits per heavy atom. The summed E-state index contributed by atoms with van der Waals surface area (Å²) in [6, 6.07) is 1.51. The maximum Gasteiger partial charge on any atom is 0.312 e. The van der Waals surface area contributed by atoms with Gasteiger partial charge >= 0.3 is 5.69 Å². The molecule has 1 fully saturated rings. The maximum absolute atomic E-state index is 11.0. The van der Waals surface area contributed by atoms with Crippen LogP contribution in [0, 0.1) is 10.1 Å². The monoisotopic (exact) mass is 314 g/mol. The number of anilines is 1. The van der Waals surface area contributed by atoms with Crippen LogP contribution < -0.4 is 4.90 Å². The standard InChI is InChI=1S/C11H15BrN4O2/c1-2-14-3-5-15(6-4-14)11-10(16(17)18)7-9(12)8-13-11/h7-8H,2-6H2,1H3. The van der Waals surface area contributed by atoms with Crippen LogP contribution in [0.3, 0.4) is 0 Å². The molecule has 0 aromatic carbocycles. The van der Waals surface area contributed by atoms with Gasteiger partial charge in [0, 0.05) is 42.9 Å². The van der Waals surface area contributed by atoms with Crippen LogP contribution in [0.15, 0.2) is 16.7 Å². The van der Waals surface area contributed by atoms with Crippen LogP contribution in [0.5, 0.6) is 0 Å². The van der Waals surface area contributed by atoms with Crippen LogP contribution in [-0.4, -0.2) is 47.5 Å². The second-order valence-electron chi connectivity index (χ2n) is 4.17. The summed E-state index contributed by atoms with van der Waals surface area (Å²) in [5.41, 5.74) is 0.0642. The largest absolute Gasteiger partial charge is 0.348 e. The van der Waals surface area contributed by atoms with E-state index in [1.165, 1.54) is 6.07 Å². The van der Waals surface area contributed by atoms with Crippen molar-refractivity contribution in [1.82, 2.24) is 9.88 Å². The molecule has 0 amide bonds. The summed E-state index contributed by atoms with van der Waals surface area (Å²) in [6.07, 6.45) is 1.61. The SMILES string of the molecule is CCN1CCN(c2ncc(Br)cc2[N+](=O)[O-])CC1. The molecule has 1 saturated heterocycles. The van der Waals surface area contributed by atoms with Gasteiger partial charge in [-0.05, 0) is 22.5 Å². The first-order valence-corrected chi connectivity index (χ1v) is 6.68. The minimum atomic E-state index is -0.376. The van der Waals surface area contributed by atoms with Gasteiger partial charge in [-0.2, -0.15) is 0 Å². The molecule has 98 valence electrons. The van der Waals surface area contributed by atoms with Gasteiger partial charge in [0.05, 0.1) is 4.92 Å². The number of aromatic nitrogens is 1. The molecule has 2 rings (SSSR count). The molecule has 0 N–H and O–H groups in total. The zero-order valence-corrected chi connectivity index (χ0v) is 11.8. The Morgan fingerprint density at radius 2 is 2.11 bits per heavy atom. The Kier molecular flexibility index (Phi) is 4.13. The molecule has 0 spiro atoms. The highest BCUT2D eigenvalue weighted by Gasteiger charge is 2.24. The zero-order chi connectivity index (χ0) is 13.1. The van der Waals surface area contributed by atoms with Gasteiger partial charge in [-0.15, -0.1) is 0 Å². The molecule has 0 saturated carbocycles. The number of nitro groups is 1. The van der Waals surface area contributed by atoms with Gasteiger partial charge in [0.1, 0.15) is 0 Å². The topological polar surface area (TPSA) is 62.5 Å². The molecule has 0 bridgehead atoms. The van der Waals surface area contributed by atoms with Crippen LogP contribution in [0.1, 0.15) is 6.92 Å². The summed E-state index contributed by atoms with van der Waals surface area (Å²) in [7, 11) is 0. The molecule has 18 heavy (non-hydrogen) atoms. The second-order valence-corrected chi connectivity index (χ2v) is 5.09. The van der Waals surface area contributed by atoms with E-state index in [2.05, 4.69) is 32.7 Å². The van der Waals surface area contributed by atoms with E-state index in [0.717, 1.165) is 32.7 Å². The lowest BCUT2D eigenvalue weighted by Gasteiger charge is -2.34. The van der Waals surface area contributed by atoms with Gasteiger partial charge in [0.15, 0.2) is 0 Å². The number of halogens is 1. The minimum Gasteiger partial charge on any atom is -0.348 e. The number of piperazine rings is 1. The van der Waals surface area contributed by atoms with Crippen LogP contribution >= 0.6 is 15.9 Å². The lowest BCUT2D eigenvalue weighted by atomic mass is 10.3. The van der Waals surface area contributed by atoms with Crippen molar-refractivity contribution in [2.24, 2.45) is 0 Å². The first-order chi connectivity index (χ1) is 8.61. The predicted molar refractivity (Wildman–Crippen MR) is 72.9 cm³/mol. The number of pyridine rings is 1. The van der Waals surface area contributed by atoms with E-state index in [1.807, 2.05) is 4.90 Å². The van der Waals surface area contributed by atoms with E-state index in [1.54, 1.807) is 6.20 Å². The molecule has 2 heterocycles. The molecular weight excluding hydrogens is 300 g/mol. The van der Waals surface area contributed by atoms with E-state index >= 15 is 0 Å². The summed E-state index contributed by atoms with van der Waals surface area (Å²) >= 11 is 3.22. The Labute approximate surface area is 114 Å². The highest BCUT2D eigenvalue weighted by atomic mass is 79.9. The van der Waals surface area contributed by atoms with Crippen molar-refractivity contribution in [1.29, 1.82) is 0 Å². The Bertz CT molecular complexity index is 447. The quantitative estimate of drug-likeness (QED) is 0.630. The first-order valence-electron chi connectivity index (χ1n) is 5.89. The van der Waals surface area contributed by atoms with Gasteiger partial charge in [-0.25, -0.2) is 4.98 Å². The molecule has 1 aromatic heterocycles. The maximum atomic E-state index is 11.0. The average Bonchev–Trinajstić information content (AvgIpc) is 2.39. The normalized spacial score (nSPS) is 16.9. The van der Waals surface area contributed by atoms with Crippen molar-refractivity contribution >= 4 is 27.4 Å². The van der Waals surface area contributed by atoms with Crippen molar-refractivity contribution in [3.63, 3.8) is 0 Å². The van der Waals surface area contributed by atoms with Crippen LogP contribution in [0.2, 0.25) is 0 Å². The van der Waals surface area contributed by atoms with Crippen molar-refractivity contribution in [3.8, 4) is 0 Å².